The van der Waals surface area contributed by atoms with Gasteiger partial charge < -0.3 is 15.7 Å². The summed E-state index contributed by atoms with van der Waals surface area (Å²) < 4.78 is 27.3. The Labute approximate surface area is 191 Å². The number of aliphatic hydroxyl groups is 1. The molecule has 3 aromatic rings. The van der Waals surface area contributed by atoms with Crippen molar-refractivity contribution in [2.24, 2.45) is 0 Å². The fourth-order valence-corrected chi connectivity index (χ4v) is 4.26. The topological polar surface area (TPSA) is 61.4 Å². The fourth-order valence-electron chi connectivity index (χ4n) is 3.56. The summed E-state index contributed by atoms with van der Waals surface area (Å²) in [5, 5.41) is 18.7. The molecule has 2 atom stereocenters. The molecule has 1 aromatic heterocycles. The van der Waals surface area contributed by atoms with Crippen LogP contribution in [0, 0.1) is 11.6 Å². The van der Waals surface area contributed by atoms with Crippen LogP contribution in [0.5, 0.6) is 0 Å². The first kappa shape index (κ1) is 24.0. The van der Waals surface area contributed by atoms with E-state index in [1.165, 1.54) is 29.0 Å². The van der Waals surface area contributed by atoms with Gasteiger partial charge in [0.2, 0.25) is 5.91 Å². The van der Waals surface area contributed by atoms with Crippen molar-refractivity contribution < 1.29 is 18.7 Å². The second-order valence-electron chi connectivity index (χ2n) is 7.78. The Kier molecular flexibility index (Phi) is 8.90. The molecule has 1 heterocycles. The van der Waals surface area contributed by atoms with Gasteiger partial charge in [-0.05, 0) is 53.1 Å². The van der Waals surface area contributed by atoms with E-state index in [1.807, 2.05) is 29.6 Å². The lowest BCUT2D eigenvalue weighted by molar-refractivity contribution is -0.121. The number of aliphatic hydroxyl groups excluding tert-OH is 1. The second kappa shape index (κ2) is 11.9. The lowest BCUT2D eigenvalue weighted by Crippen LogP contribution is -2.49. The van der Waals surface area contributed by atoms with Crippen LogP contribution in [-0.4, -0.2) is 29.7 Å². The highest BCUT2D eigenvalue weighted by Crippen LogP contribution is 2.14. The summed E-state index contributed by atoms with van der Waals surface area (Å²) in [5.41, 5.74) is 2.71. The van der Waals surface area contributed by atoms with E-state index in [1.54, 1.807) is 0 Å². The number of amides is 1. The van der Waals surface area contributed by atoms with E-state index in [2.05, 4.69) is 29.7 Å². The quantitative estimate of drug-likeness (QED) is 0.407. The zero-order valence-corrected chi connectivity index (χ0v) is 18.8. The number of halogens is 2. The minimum absolute atomic E-state index is 0.110. The van der Waals surface area contributed by atoms with Crippen LogP contribution >= 0.6 is 11.3 Å². The largest absolute Gasteiger partial charge is 0.390 e. The molecular weight excluding hydrogens is 430 g/mol. The number of aryl methyl sites for hydroxylation is 1. The van der Waals surface area contributed by atoms with E-state index in [9.17, 15) is 18.7 Å². The van der Waals surface area contributed by atoms with Gasteiger partial charge in [-0.15, -0.1) is 11.3 Å². The van der Waals surface area contributed by atoms with Gasteiger partial charge in [-0.25, -0.2) is 8.78 Å². The Morgan fingerprint density at radius 3 is 2.47 bits per heavy atom. The van der Waals surface area contributed by atoms with Gasteiger partial charge in [0.15, 0.2) is 0 Å². The van der Waals surface area contributed by atoms with E-state index in [4.69, 9.17) is 0 Å². The highest BCUT2D eigenvalue weighted by Gasteiger charge is 2.22. The average Bonchev–Trinajstić information content (AvgIpc) is 3.25. The summed E-state index contributed by atoms with van der Waals surface area (Å²) in [6.45, 7) is 2.88. The third-order valence-electron chi connectivity index (χ3n) is 5.19. The van der Waals surface area contributed by atoms with E-state index >= 15 is 0 Å². The molecule has 170 valence electrons. The molecule has 4 nitrogen and oxygen atoms in total. The van der Waals surface area contributed by atoms with Crippen molar-refractivity contribution in [3.8, 4) is 0 Å². The van der Waals surface area contributed by atoms with Crippen LogP contribution in [0.1, 0.15) is 28.5 Å². The molecule has 1 amide bonds. The van der Waals surface area contributed by atoms with Gasteiger partial charge >= 0.3 is 0 Å². The summed E-state index contributed by atoms with van der Waals surface area (Å²) in [5.74, 6) is -1.62. The first-order chi connectivity index (χ1) is 15.4. The molecule has 32 heavy (non-hydrogen) atoms. The Balaban J connectivity index is 1.64. The normalized spacial score (nSPS) is 13.0. The van der Waals surface area contributed by atoms with Gasteiger partial charge in [0, 0.05) is 24.0 Å². The predicted octanol–water partition coefficient (Wildman–Crippen LogP) is 4.01. The molecule has 3 N–H and O–H groups in total. The molecule has 0 spiro atoms. The summed E-state index contributed by atoms with van der Waals surface area (Å²) >= 11 is 1.47. The molecule has 0 unspecified atom stereocenters. The van der Waals surface area contributed by atoms with Crippen LogP contribution in [0.3, 0.4) is 0 Å². The van der Waals surface area contributed by atoms with E-state index in [-0.39, 0.29) is 25.3 Å². The van der Waals surface area contributed by atoms with E-state index < -0.39 is 23.8 Å². The monoisotopic (exact) mass is 458 g/mol. The maximum absolute atomic E-state index is 13.6. The molecule has 0 saturated carbocycles. The third kappa shape index (κ3) is 7.51. The summed E-state index contributed by atoms with van der Waals surface area (Å²) in [6.07, 6.45) is 0.302. The van der Waals surface area contributed by atoms with Crippen molar-refractivity contribution >= 4 is 17.2 Å². The van der Waals surface area contributed by atoms with Crippen LogP contribution in [0.15, 0.2) is 60.0 Å². The SMILES string of the molecule is CCc1cccc(CNC[C@H](O)[C@H](Cc2cc(F)cc(F)c2)NC(=O)Cc2cccs2)c1. The van der Waals surface area contributed by atoms with Crippen LogP contribution in [-0.2, 0) is 30.6 Å². The highest BCUT2D eigenvalue weighted by molar-refractivity contribution is 7.10. The molecule has 0 aliphatic heterocycles. The lowest BCUT2D eigenvalue weighted by Gasteiger charge is -2.25. The summed E-state index contributed by atoms with van der Waals surface area (Å²) in [4.78, 5) is 13.4. The minimum Gasteiger partial charge on any atom is -0.390 e. The smallest absolute Gasteiger partial charge is 0.225 e. The van der Waals surface area contributed by atoms with Gasteiger partial charge in [-0.2, -0.15) is 0 Å². The number of nitrogens with one attached hydrogen (secondary N) is 2. The van der Waals surface area contributed by atoms with Crippen molar-refractivity contribution in [1.29, 1.82) is 0 Å². The zero-order valence-electron chi connectivity index (χ0n) is 18.0. The number of hydrogen-bond donors (Lipinski definition) is 3. The molecule has 0 aliphatic rings. The third-order valence-corrected chi connectivity index (χ3v) is 6.06. The Morgan fingerprint density at radius 1 is 1.03 bits per heavy atom. The molecule has 0 saturated heterocycles. The Morgan fingerprint density at radius 2 is 1.78 bits per heavy atom. The molecule has 0 fully saturated rings. The predicted molar refractivity (Wildman–Crippen MR) is 124 cm³/mol. The lowest BCUT2D eigenvalue weighted by atomic mass is 10.00. The van der Waals surface area contributed by atoms with Crippen molar-refractivity contribution in [3.63, 3.8) is 0 Å². The molecule has 0 bridgehead atoms. The highest BCUT2D eigenvalue weighted by atomic mass is 32.1. The maximum Gasteiger partial charge on any atom is 0.225 e. The van der Waals surface area contributed by atoms with Crippen molar-refractivity contribution in [2.45, 2.75) is 44.9 Å². The van der Waals surface area contributed by atoms with Crippen LogP contribution in [0.4, 0.5) is 8.78 Å². The molecule has 7 heteroatoms. The van der Waals surface area contributed by atoms with Crippen LogP contribution in [0.2, 0.25) is 0 Å². The Hall–Kier alpha value is -2.61. The number of carbonyl (C=O) groups excluding carboxylic acids is 1. The van der Waals surface area contributed by atoms with Crippen LogP contribution < -0.4 is 10.6 Å². The molecule has 0 aliphatic carbocycles. The number of hydrogen-bond acceptors (Lipinski definition) is 4. The first-order valence-electron chi connectivity index (χ1n) is 10.7. The maximum atomic E-state index is 13.6. The number of carbonyl (C=O) groups is 1. The molecule has 3 rings (SSSR count). The zero-order chi connectivity index (χ0) is 22.9. The molecule has 0 radical (unpaired) electrons. The van der Waals surface area contributed by atoms with E-state index in [0.29, 0.717) is 12.1 Å². The molecular formula is C25H28F2N2O2S. The van der Waals surface area contributed by atoms with Gasteiger partial charge in [-0.3, -0.25) is 4.79 Å². The van der Waals surface area contributed by atoms with Crippen molar-refractivity contribution in [3.05, 3.63) is 93.2 Å². The average molecular weight is 459 g/mol. The fraction of sp³-hybridized carbons (Fsp3) is 0.320. The van der Waals surface area contributed by atoms with Gasteiger partial charge in [-0.1, -0.05) is 37.3 Å². The van der Waals surface area contributed by atoms with Crippen molar-refractivity contribution in [2.75, 3.05) is 6.54 Å². The van der Waals surface area contributed by atoms with Gasteiger partial charge in [0.1, 0.15) is 11.6 Å². The number of thiophene rings is 1. The molecule has 2 aromatic carbocycles. The number of benzene rings is 2. The Bertz CT molecular complexity index is 991. The first-order valence-corrected chi connectivity index (χ1v) is 11.5. The van der Waals surface area contributed by atoms with Gasteiger partial charge in [0.25, 0.3) is 0 Å². The van der Waals surface area contributed by atoms with Crippen LogP contribution in [0.25, 0.3) is 0 Å². The summed E-state index contributed by atoms with van der Waals surface area (Å²) in [6, 6.07) is 14.5. The second-order valence-corrected chi connectivity index (χ2v) is 8.82. The summed E-state index contributed by atoms with van der Waals surface area (Å²) in [7, 11) is 0. The standard InChI is InChI=1S/C25H28F2N2O2S/c1-2-17-5-3-6-18(9-17)15-28-16-24(30)23(12-19-10-20(26)13-21(27)11-19)29-25(31)14-22-7-4-8-32-22/h3-11,13,23-24,28,30H,2,12,14-16H2,1H3,(H,29,31)/t23-,24-/m0/s1. The van der Waals surface area contributed by atoms with Gasteiger partial charge in [0.05, 0.1) is 18.6 Å². The van der Waals surface area contributed by atoms with Crippen molar-refractivity contribution in [1.82, 2.24) is 10.6 Å². The minimum atomic E-state index is -0.942. The number of rotatable bonds is 11. The van der Waals surface area contributed by atoms with E-state index in [0.717, 1.165) is 22.9 Å².